The van der Waals surface area contributed by atoms with Gasteiger partial charge in [-0.25, -0.2) is 4.72 Å². The van der Waals surface area contributed by atoms with E-state index in [1.54, 1.807) is 4.72 Å². The zero-order valence-electron chi connectivity index (χ0n) is 6.03. The number of hydrogen-bond acceptors (Lipinski definition) is 4. The van der Waals surface area contributed by atoms with Crippen LogP contribution in [-0.2, 0) is 19.3 Å². The summed E-state index contributed by atoms with van der Waals surface area (Å²) in [5.74, 6) is -0.807. The minimum atomic E-state index is -3.91. The van der Waals surface area contributed by atoms with E-state index in [1.807, 2.05) is 0 Å². The normalized spacial score (nSPS) is 10.6. The molecule has 0 aliphatic heterocycles. The summed E-state index contributed by atoms with van der Waals surface area (Å²) in [5.41, 5.74) is 0. The van der Waals surface area contributed by atoms with Gasteiger partial charge in [-0.3, -0.25) is 8.98 Å². The Labute approximate surface area is 65.3 Å². The molecule has 6 heteroatoms. The number of rotatable bonds is 4. The quantitative estimate of drug-likeness (QED) is 0.594. The largest absolute Gasteiger partial charge is 0.362 e. The molecule has 0 unspecified atom stereocenters. The van der Waals surface area contributed by atoms with Crippen LogP contribution in [0.2, 0.25) is 0 Å². The molecule has 11 heavy (non-hydrogen) atoms. The van der Waals surface area contributed by atoms with E-state index in [4.69, 9.17) is 0 Å². The molecule has 0 saturated carbocycles. The van der Waals surface area contributed by atoms with Gasteiger partial charge < -0.3 is 0 Å². The summed E-state index contributed by atoms with van der Waals surface area (Å²) < 4.78 is 27.0. The maximum atomic E-state index is 10.6. The Bertz CT molecular complexity index is 243. The first-order chi connectivity index (χ1) is 5.02. The van der Waals surface area contributed by atoms with Crippen LogP contribution >= 0.6 is 0 Å². The number of nitrogens with one attached hydrogen (secondary N) is 1. The Hall–Kier alpha value is -0.880. The maximum absolute atomic E-state index is 10.6. The van der Waals surface area contributed by atoms with Gasteiger partial charge in [-0.15, -0.1) is 0 Å². The van der Waals surface area contributed by atoms with Crippen LogP contribution in [0.15, 0.2) is 12.7 Å². The summed E-state index contributed by atoms with van der Waals surface area (Å²) in [7, 11) is -3.91. The standard InChI is InChI=1S/C5H9NO4S/c1-3-5(7)6-11(8,9)10-4-2/h3H,1,4H2,2H3,(H,6,7). The summed E-state index contributed by atoms with van der Waals surface area (Å²) in [5, 5.41) is 0. The molecule has 0 aromatic rings. The lowest BCUT2D eigenvalue weighted by Gasteiger charge is -2.01. The molecule has 0 saturated heterocycles. The van der Waals surface area contributed by atoms with Crippen LogP contribution in [0.1, 0.15) is 6.92 Å². The molecular weight excluding hydrogens is 170 g/mol. The van der Waals surface area contributed by atoms with Gasteiger partial charge in [-0.1, -0.05) is 6.58 Å². The first kappa shape index (κ1) is 10.1. The second-order valence-electron chi connectivity index (χ2n) is 1.53. The van der Waals surface area contributed by atoms with Crippen LogP contribution < -0.4 is 4.72 Å². The third kappa shape index (κ3) is 4.51. The topological polar surface area (TPSA) is 72.5 Å². The van der Waals surface area contributed by atoms with Gasteiger partial charge in [-0.2, -0.15) is 8.42 Å². The lowest BCUT2D eigenvalue weighted by Crippen LogP contribution is -2.30. The summed E-state index contributed by atoms with van der Waals surface area (Å²) >= 11 is 0. The highest BCUT2D eigenvalue weighted by Crippen LogP contribution is 1.86. The van der Waals surface area contributed by atoms with Gasteiger partial charge in [0.25, 0.3) is 5.91 Å². The van der Waals surface area contributed by atoms with Crippen molar-refractivity contribution in [3.8, 4) is 0 Å². The van der Waals surface area contributed by atoms with Crippen molar-refractivity contribution in [2.45, 2.75) is 6.92 Å². The highest BCUT2D eigenvalue weighted by Gasteiger charge is 2.10. The van der Waals surface area contributed by atoms with Crippen LogP contribution in [0.4, 0.5) is 0 Å². The van der Waals surface area contributed by atoms with Gasteiger partial charge in [0, 0.05) is 0 Å². The number of hydrogen-bond donors (Lipinski definition) is 1. The molecule has 0 rings (SSSR count). The molecule has 1 N–H and O–H groups in total. The van der Waals surface area contributed by atoms with Crippen LogP contribution in [0.25, 0.3) is 0 Å². The molecule has 5 nitrogen and oxygen atoms in total. The zero-order chi connectivity index (χ0) is 8.91. The molecule has 0 spiro atoms. The van der Waals surface area contributed by atoms with E-state index in [9.17, 15) is 13.2 Å². The molecular formula is C5H9NO4S. The Balaban J connectivity index is 4.13. The predicted molar refractivity (Wildman–Crippen MR) is 38.9 cm³/mol. The predicted octanol–water partition coefficient (Wildman–Crippen LogP) is -0.430. The van der Waals surface area contributed by atoms with Crippen molar-refractivity contribution in [2.24, 2.45) is 0 Å². The Morgan fingerprint density at radius 2 is 2.27 bits per heavy atom. The highest BCUT2D eigenvalue weighted by atomic mass is 32.2. The van der Waals surface area contributed by atoms with E-state index in [1.165, 1.54) is 6.92 Å². The fraction of sp³-hybridized carbons (Fsp3) is 0.400. The van der Waals surface area contributed by atoms with E-state index in [0.717, 1.165) is 6.08 Å². The van der Waals surface area contributed by atoms with E-state index in [2.05, 4.69) is 10.8 Å². The minimum absolute atomic E-state index is 0.0141. The number of carbonyl (C=O) groups is 1. The van der Waals surface area contributed by atoms with Gasteiger partial charge in [0.05, 0.1) is 6.61 Å². The molecule has 0 aromatic carbocycles. The Kier molecular flexibility index (Phi) is 3.77. The summed E-state index contributed by atoms with van der Waals surface area (Å²) in [4.78, 5) is 10.4. The molecule has 1 amide bonds. The summed E-state index contributed by atoms with van der Waals surface area (Å²) in [6, 6.07) is 0. The lowest BCUT2D eigenvalue weighted by molar-refractivity contribution is -0.114. The fourth-order valence-electron chi connectivity index (χ4n) is 0.349. The second kappa shape index (κ2) is 4.09. The van der Waals surface area contributed by atoms with Crippen LogP contribution in [0.3, 0.4) is 0 Å². The van der Waals surface area contributed by atoms with E-state index >= 15 is 0 Å². The van der Waals surface area contributed by atoms with Crippen LogP contribution in [0, 0.1) is 0 Å². The van der Waals surface area contributed by atoms with E-state index in [-0.39, 0.29) is 6.61 Å². The SMILES string of the molecule is C=CC(=O)NS(=O)(=O)OCC. The van der Waals surface area contributed by atoms with E-state index in [0.29, 0.717) is 0 Å². The zero-order valence-corrected chi connectivity index (χ0v) is 6.85. The monoisotopic (exact) mass is 179 g/mol. The molecule has 0 heterocycles. The molecule has 0 radical (unpaired) electrons. The van der Waals surface area contributed by atoms with Gasteiger partial charge in [0.1, 0.15) is 0 Å². The van der Waals surface area contributed by atoms with Crippen molar-refractivity contribution in [3.05, 3.63) is 12.7 Å². The average Bonchev–Trinajstić information content (AvgIpc) is 1.86. The Morgan fingerprint density at radius 1 is 1.73 bits per heavy atom. The van der Waals surface area contributed by atoms with Crippen molar-refractivity contribution in [1.82, 2.24) is 4.72 Å². The smallest absolute Gasteiger partial charge is 0.269 e. The van der Waals surface area contributed by atoms with Gasteiger partial charge in [0.2, 0.25) is 0 Å². The third-order valence-electron chi connectivity index (χ3n) is 0.684. The fourth-order valence-corrected chi connectivity index (χ4v) is 1.05. The van der Waals surface area contributed by atoms with Crippen LogP contribution in [0.5, 0.6) is 0 Å². The van der Waals surface area contributed by atoms with Crippen molar-refractivity contribution in [1.29, 1.82) is 0 Å². The molecule has 0 bridgehead atoms. The second-order valence-corrected chi connectivity index (χ2v) is 2.88. The molecule has 0 aromatic heterocycles. The molecule has 0 aliphatic carbocycles. The van der Waals surface area contributed by atoms with Crippen molar-refractivity contribution in [3.63, 3.8) is 0 Å². The maximum Gasteiger partial charge on any atom is 0.362 e. The third-order valence-corrected chi connectivity index (χ3v) is 1.68. The van der Waals surface area contributed by atoms with Gasteiger partial charge in [0.15, 0.2) is 0 Å². The molecule has 0 aliphatic rings. The van der Waals surface area contributed by atoms with Gasteiger partial charge in [-0.05, 0) is 13.0 Å². The first-order valence-electron chi connectivity index (χ1n) is 2.85. The van der Waals surface area contributed by atoms with Gasteiger partial charge >= 0.3 is 10.3 Å². The number of carbonyl (C=O) groups excluding carboxylic acids is 1. The van der Waals surface area contributed by atoms with Crippen molar-refractivity contribution in [2.75, 3.05) is 6.61 Å². The Morgan fingerprint density at radius 3 is 2.64 bits per heavy atom. The molecule has 0 atom stereocenters. The summed E-state index contributed by atoms with van der Waals surface area (Å²) in [6.07, 6.45) is 0.844. The molecule has 64 valence electrons. The minimum Gasteiger partial charge on any atom is -0.269 e. The van der Waals surface area contributed by atoms with Crippen LogP contribution in [-0.4, -0.2) is 20.9 Å². The van der Waals surface area contributed by atoms with Crippen molar-refractivity contribution < 1.29 is 17.4 Å². The lowest BCUT2D eigenvalue weighted by atomic mass is 10.6. The first-order valence-corrected chi connectivity index (χ1v) is 4.26. The summed E-state index contributed by atoms with van der Waals surface area (Å²) in [6.45, 7) is 4.56. The van der Waals surface area contributed by atoms with Crippen molar-refractivity contribution >= 4 is 16.2 Å². The average molecular weight is 179 g/mol. The number of amides is 1. The van der Waals surface area contributed by atoms with E-state index < -0.39 is 16.2 Å². The highest BCUT2D eigenvalue weighted by molar-refractivity contribution is 7.85. The molecule has 0 fully saturated rings.